The fraction of sp³-hybridized carbons (Fsp3) is 0. The van der Waals surface area contributed by atoms with Gasteiger partial charge in [0.15, 0.2) is 17.5 Å². The molecule has 0 aliphatic heterocycles. The van der Waals surface area contributed by atoms with Crippen molar-refractivity contribution >= 4 is 39.0 Å². The maximum absolute atomic E-state index is 6.39. The summed E-state index contributed by atoms with van der Waals surface area (Å²) in [6.45, 7) is 0. The minimum atomic E-state index is 0.619. The fourth-order valence-electron chi connectivity index (χ4n) is 6.67. The van der Waals surface area contributed by atoms with E-state index in [4.69, 9.17) is 24.4 Å². The number of hydrogen-bond acceptors (Lipinski definition) is 5. The molecular formula is C42H26N6O. The van der Waals surface area contributed by atoms with Gasteiger partial charge in [0, 0.05) is 27.8 Å². The van der Waals surface area contributed by atoms with E-state index < -0.39 is 0 Å². The molecule has 4 heterocycles. The molecule has 49 heavy (non-hydrogen) atoms. The van der Waals surface area contributed by atoms with E-state index in [9.17, 15) is 0 Å². The maximum Gasteiger partial charge on any atom is 0.234 e. The van der Waals surface area contributed by atoms with Crippen LogP contribution < -0.4 is 0 Å². The summed E-state index contributed by atoms with van der Waals surface area (Å²) in [5, 5.41) is 1.01. The summed E-state index contributed by atoms with van der Waals surface area (Å²) in [6, 6.07) is 53.4. The third kappa shape index (κ3) is 4.44. The average Bonchev–Trinajstić information content (AvgIpc) is 3.82. The molecule has 7 heteroatoms. The second-order valence-corrected chi connectivity index (χ2v) is 12.0. The Labute approximate surface area is 280 Å². The van der Waals surface area contributed by atoms with Crippen molar-refractivity contribution in [3.8, 4) is 51.0 Å². The number of fused-ring (bicyclic) bond motifs is 7. The van der Waals surface area contributed by atoms with Crippen LogP contribution in [-0.4, -0.2) is 28.9 Å². The molecule has 0 bridgehead atoms. The van der Waals surface area contributed by atoms with Gasteiger partial charge in [-0.3, -0.25) is 4.57 Å². The van der Waals surface area contributed by atoms with E-state index in [2.05, 4.69) is 81.8 Å². The number of benzene rings is 6. The van der Waals surface area contributed by atoms with E-state index in [1.165, 1.54) is 0 Å². The molecule has 10 rings (SSSR count). The lowest BCUT2D eigenvalue weighted by molar-refractivity contribution is 0.651. The Balaban J connectivity index is 1.15. The first-order chi connectivity index (χ1) is 24.3. The summed E-state index contributed by atoms with van der Waals surface area (Å²) in [5.41, 5.74) is 10.4. The highest BCUT2D eigenvalue weighted by molar-refractivity contribution is 6.05. The number of rotatable bonds is 5. The van der Waals surface area contributed by atoms with Crippen LogP contribution >= 0.6 is 0 Å². The van der Waals surface area contributed by atoms with Gasteiger partial charge in [-0.05, 0) is 53.6 Å². The average molecular weight is 631 g/mol. The van der Waals surface area contributed by atoms with E-state index in [-0.39, 0.29) is 0 Å². The lowest BCUT2D eigenvalue weighted by Crippen LogP contribution is -2.00. The zero-order valence-corrected chi connectivity index (χ0v) is 26.1. The summed E-state index contributed by atoms with van der Waals surface area (Å²) < 4.78 is 10.7. The van der Waals surface area contributed by atoms with Gasteiger partial charge in [-0.15, -0.1) is 0 Å². The molecule has 0 atom stereocenters. The van der Waals surface area contributed by atoms with Crippen LogP contribution in [-0.2, 0) is 0 Å². The molecule has 0 radical (unpaired) electrons. The molecule has 0 saturated carbocycles. The topological polar surface area (TPSA) is 74.0 Å². The van der Waals surface area contributed by atoms with Gasteiger partial charge in [-0.25, -0.2) is 24.3 Å². The minimum Gasteiger partial charge on any atom is -0.437 e. The number of aromatic nitrogens is 6. The zero-order valence-electron chi connectivity index (χ0n) is 26.1. The van der Waals surface area contributed by atoms with Crippen molar-refractivity contribution in [3.05, 3.63) is 158 Å². The summed E-state index contributed by atoms with van der Waals surface area (Å²) >= 11 is 0. The summed E-state index contributed by atoms with van der Waals surface area (Å²) in [4.78, 5) is 19.9. The zero-order chi connectivity index (χ0) is 32.3. The molecule has 0 N–H and O–H groups in total. The Bertz CT molecular complexity index is 2760. The highest BCUT2D eigenvalue weighted by atomic mass is 16.3. The second-order valence-electron chi connectivity index (χ2n) is 12.0. The molecular weight excluding hydrogens is 605 g/mol. The largest absolute Gasteiger partial charge is 0.437 e. The van der Waals surface area contributed by atoms with Gasteiger partial charge in [0.2, 0.25) is 11.5 Å². The Morgan fingerprint density at radius 3 is 1.71 bits per heavy atom. The normalized spacial score (nSPS) is 11.7. The highest BCUT2D eigenvalue weighted by Crippen LogP contribution is 2.36. The Morgan fingerprint density at radius 1 is 0.429 bits per heavy atom. The SMILES string of the molecule is c1ccc(-c2nc(-c3ccccc3)nc(-c3cccc(-c4ccc5c(c4)n(-c4ccccc4)c4nc6c7ccccc7oc6n54)c3)n2)cc1. The lowest BCUT2D eigenvalue weighted by Gasteiger charge is -2.10. The van der Waals surface area contributed by atoms with Crippen molar-refractivity contribution < 1.29 is 4.42 Å². The molecule has 7 nitrogen and oxygen atoms in total. The summed E-state index contributed by atoms with van der Waals surface area (Å²) in [7, 11) is 0. The molecule has 4 aromatic heterocycles. The molecule has 230 valence electrons. The van der Waals surface area contributed by atoms with Crippen LogP contribution in [0.3, 0.4) is 0 Å². The van der Waals surface area contributed by atoms with Gasteiger partial charge < -0.3 is 4.42 Å². The first-order valence-corrected chi connectivity index (χ1v) is 16.2. The molecule has 0 aliphatic carbocycles. The minimum absolute atomic E-state index is 0.619. The highest BCUT2D eigenvalue weighted by Gasteiger charge is 2.22. The molecule has 0 fully saturated rings. The lowest BCUT2D eigenvalue weighted by atomic mass is 10.0. The van der Waals surface area contributed by atoms with Crippen LogP contribution in [0.25, 0.3) is 90.0 Å². The Morgan fingerprint density at radius 2 is 1.00 bits per heavy atom. The van der Waals surface area contributed by atoms with Gasteiger partial charge >= 0.3 is 0 Å². The first-order valence-electron chi connectivity index (χ1n) is 16.2. The third-order valence-electron chi connectivity index (χ3n) is 8.99. The Kier molecular flexibility index (Phi) is 6.04. The van der Waals surface area contributed by atoms with Crippen LogP contribution in [0.15, 0.2) is 162 Å². The van der Waals surface area contributed by atoms with Crippen molar-refractivity contribution in [2.24, 2.45) is 0 Å². The molecule has 6 aromatic carbocycles. The molecule has 0 saturated heterocycles. The third-order valence-corrected chi connectivity index (χ3v) is 8.99. The Hall–Kier alpha value is -6.86. The number of para-hydroxylation sites is 2. The van der Waals surface area contributed by atoms with Gasteiger partial charge in [0.1, 0.15) is 11.1 Å². The van der Waals surface area contributed by atoms with Crippen LogP contribution in [0.5, 0.6) is 0 Å². The molecule has 0 unspecified atom stereocenters. The number of hydrogen-bond donors (Lipinski definition) is 0. The molecule has 0 spiro atoms. The van der Waals surface area contributed by atoms with Crippen LogP contribution in [0.2, 0.25) is 0 Å². The van der Waals surface area contributed by atoms with Crippen molar-refractivity contribution in [3.63, 3.8) is 0 Å². The smallest absolute Gasteiger partial charge is 0.234 e. The molecule has 10 aromatic rings. The van der Waals surface area contributed by atoms with E-state index in [1.807, 2.05) is 84.9 Å². The predicted octanol–water partition coefficient (Wildman–Crippen LogP) is 10.0. The predicted molar refractivity (Wildman–Crippen MR) is 194 cm³/mol. The standard InChI is InChI=1S/C42H26N6O/c1-4-13-27(14-5-1)38-44-39(28-15-6-2-7-16-28)46-40(45-38)31-18-12-17-29(25-31)30-23-24-34-35(26-30)47(32-19-8-3-9-20-32)42-43-37-33-21-10-11-22-36(33)49-41(37)48(34)42/h1-26H. The van der Waals surface area contributed by atoms with Gasteiger partial charge in [0.05, 0.1) is 11.0 Å². The molecule has 0 aliphatic rings. The monoisotopic (exact) mass is 630 g/mol. The van der Waals surface area contributed by atoms with E-state index >= 15 is 0 Å². The van der Waals surface area contributed by atoms with Crippen molar-refractivity contribution in [2.45, 2.75) is 0 Å². The van der Waals surface area contributed by atoms with Gasteiger partial charge in [-0.1, -0.05) is 115 Å². The maximum atomic E-state index is 6.39. The van der Waals surface area contributed by atoms with Crippen LogP contribution in [0, 0.1) is 0 Å². The summed E-state index contributed by atoms with van der Waals surface area (Å²) in [5.74, 6) is 2.70. The van der Waals surface area contributed by atoms with Gasteiger partial charge in [0.25, 0.3) is 0 Å². The van der Waals surface area contributed by atoms with Crippen molar-refractivity contribution in [1.82, 2.24) is 28.9 Å². The summed E-state index contributed by atoms with van der Waals surface area (Å²) in [6.07, 6.45) is 0. The fourth-order valence-corrected chi connectivity index (χ4v) is 6.67. The van der Waals surface area contributed by atoms with Crippen molar-refractivity contribution in [1.29, 1.82) is 0 Å². The van der Waals surface area contributed by atoms with Gasteiger partial charge in [-0.2, -0.15) is 0 Å². The van der Waals surface area contributed by atoms with Crippen LogP contribution in [0.4, 0.5) is 0 Å². The van der Waals surface area contributed by atoms with E-state index in [0.717, 1.165) is 72.5 Å². The second kappa shape index (κ2) is 10.9. The van der Waals surface area contributed by atoms with Crippen LogP contribution in [0.1, 0.15) is 0 Å². The van der Waals surface area contributed by atoms with E-state index in [0.29, 0.717) is 17.5 Å². The number of nitrogens with zero attached hydrogens (tertiary/aromatic N) is 6. The quantitative estimate of drug-likeness (QED) is 0.189. The first kappa shape index (κ1) is 27.3. The van der Waals surface area contributed by atoms with Crippen molar-refractivity contribution in [2.75, 3.05) is 0 Å². The number of furan rings is 1. The molecule has 0 amide bonds. The number of imidazole rings is 2. The van der Waals surface area contributed by atoms with E-state index in [1.54, 1.807) is 0 Å².